The summed E-state index contributed by atoms with van der Waals surface area (Å²) in [6.07, 6.45) is 3.66. The lowest BCUT2D eigenvalue weighted by atomic mass is 10.3. The predicted molar refractivity (Wildman–Crippen MR) is 40.4 cm³/mol. The third-order valence-electron chi connectivity index (χ3n) is 1.61. The largest absolute Gasteiger partial charge is 0.318 e. The van der Waals surface area contributed by atoms with Crippen molar-refractivity contribution >= 4 is 0 Å². The van der Waals surface area contributed by atoms with Crippen LogP contribution >= 0.6 is 0 Å². The van der Waals surface area contributed by atoms with Gasteiger partial charge in [-0.15, -0.1) is 0 Å². The van der Waals surface area contributed by atoms with Gasteiger partial charge >= 0.3 is 0 Å². The summed E-state index contributed by atoms with van der Waals surface area (Å²) in [5.41, 5.74) is 2.15. The van der Waals surface area contributed by atoms with E-state index in [1.54, 1.807) is 10.9 Å². The normalized spacial score (nSPS) is 9.18. The van der Waals surface area contributed by atoms with Gasteiger partial charge in [0.25, 0.3) is 0 Å². The van der Waals surface area contributed by atoms with Crippen LogP contribution in [0.25, 0.3) is 0 Å². The third kappa shape index (κ3) is 1.49. The van der Waals surface area contributed by atoms with Crippen LogP contribution in [-0.2, 0) is 13.6 Å². The second-order valence-electron chi connectivity index (χ2n) is 2.36. The third-order valence-corrected chi connectivity index (χ3v) is 1.61. The van der Waals surface area contributed by atoms with Crippen molar-refractivity contribution in [3.8, 4) is 6.19 Å². The fourth-order valence-electron chi connectivity index (χ4n) is 0.950. The van der Waals surface area contributed by atoms with Crippen LogP contribution in [0.4, 0.5) is 0 Å². The van der Waals surface area contributed by atoms with Gasteiger partial charge in [0.2, 0.25) is 0 Å². The monoisotopic (exact) mass is 150 g/mol. The molecule has 4 nitrogen and oxygen atoms in total. The number of nitrogens with one attached hydrogen (secondary N) is 1. The van der Waals surface area contributed by atoms with E-state index in [-0.39, 0.29) is 0 Å². The van der Waals surface area contributed by atoms with Gasteiger partial charge in [-0.25, -0.2) is 0 Å². The summed E-state index contributed by atoms with van der Waals surface area (Å²) >= 11 is 0. The predicted octanol–water partition coefficient (Wildman–Crippen LogP) is 0.299. The lowest BCUT2D eigenvalue weighted by Crippen LogP contribution is -2.10. The summed E-state index contributed by atoms with van der Waals surface area (Å²) in [6.45, 7) is 2.53. The molecule has 0 aliphatic rings. The summed E-state index contributed by atoms with van der Waals surface area (Å²) in [6, 6.07) is 0. The first kappa shape index (κ1) is 7.61. The van der Waals surface area contributed by atoms with Crippen molar-refractivity contribution in [2.75, 3.05) is 0 Å². The van der Waals surface area contributed by atoms with Crippen LogP contribution in [0.5, 0.6) is 0 Å². The summed E-state index contributed by atoms with van der Waals surface area (Å²) in [5.74, 6) is 0. The summed E-state index contributed by atoms with van der Waals surface area (Å²) < 4.78 is 1.76. The van der Waals surface area contributed by atoms with Gasteiger partial charge in [0, 0.05) is 7.05 Å². The Morgan fingerprint density at radius 2 is 2.55 bits per heavy atom. The molecule has 0 bridgehead atoms. The molecule has 4 heteroatoms. The van der Waals surface area contributed by atoms with E-state index in [2.05, 4.69) is 10.4 Å². The molecule has 11 heavy (non-hydrogen) atoms. The fourth-order valence-corrected chi connectivity index (χ4v) is 0.950. The molecule has 0 radical (unpaired) electrons. The fraction of sp³-hybridized carbons (Fsp3) is 0.429. The Kier molecular flexibility index (Phi) is 2.12. The highest BCUT2D eigenvalue weighted by Gasteiger charge is 2.01. The van der Waals surface area contributed by atoms with E-state index in [1.165, 1.54) is 0 Å². The highest BCUT2D eigenvalue weighted by molar-refractivity contribution is 5.15. The maximum atomic E-state index is 8.26. The molecule has 1 aromatic rings. The van der Waals surface area contributed by atoms with E-state index in [4.69, 9.17) is 5.26 Å². The quantitative estimate of drug-likeness (QED) is 0.487. The van der Waals surface area contributed by atoms with Crippen LogP contribution in [0.1, 0.15) is 11.3 Å². The molecule has 58 valence electrons. The van der Waals surface area contributed by atoms with Crippen LogP contribution in [0.2, 0.25) is 0 Å². The highest BCUT2D eigenvalue weighted by atomic mass is 15.3. The van der Waals surface area contributed by atoms with Gasteiger partial charge in [0.05, 0.1) is 18.4 Å². The first-order valence-corrected chi connectivity index (χ1v) is 3.35. The molecule has 1 aromatic heterocycles. The number of nitrogens with zero attached hydrogens (tertiary/aromatic N) is 3. The van der Waals surface area contributed by atoms with Gasteiger partial charge in [-0.1, -0.05) is 0 Å². The number of rotatable bonds is 2. The molecule has 0 spiro atoms. The summed E-state index contributed by atoms with van der Waals surface area (Å²) in [5, 5.41) is 14.9. The second-order valence-corrected chi connectivity index (χ2v) is 2.36. The van der Waals surface area contributed by atoms with Crippen molar-refractivity contribution in [3.63, 3.8) is 0 Å². The molecular formula is C7H10N4. The van der Waals surface area contributed by atoms with Crippen molar-refractivity contribution < 1.29 is 0 Å². The van der Waals surface area contributed by atoms with E-state index in [0.29, 0.717) is 6.54 Å². The van der Waals surface area contributed by atoms with Gasteiger partial charge in [-0.2, -0.15) is 10.4 Å². The van der Waals surface area contributed by atoms with Crippen molar-refractivity contribution in [2.24, 2.45) is 7.05 Å². The average molecular weight is 150 g/mol. The molecular weight excluding hydrogens is 140 g/mol. The van der Waals surface area contributed by atoms with Crippen molar-refractivity contribution in [3.05, 3.63) is 17.5 Å². The molecule has 0 saturated carbocycles. The number of hydrogen-bond donors (Lipinski definition) is 1. The zero-order chi connectivity index (χ0) is 8.27. The lowest BCUT2D eigenvalue weighted by Gasteiger charge is -1.99. The minimum absolute atomic E-state index is 0.554. The number of aryl methyl sites for hydroxylation is 2. The molecule has 0 fully saturated rings. The van der Waals surface area contributed by atoms with E-state index in [9.17, 15) is 0 Å². The molecule has 0 atom stereocenters. The van der Waals surface area contributed by atoms with E-state index >= 15 is 0 Å². The Hall–Kier alpha value is -1.50. The maximum Gasteiger partial charge on any atom is 0.176 e. The Morgan fingerprint density at radius 3 is 3.00 bits per heavy atom. The second kappa shape index (κ2) is 3.06. The molecule has 0 aliphatic carbocycles. The van der Waals surface area contributed by atoms with Gasteiger partial charge in [-0.05, 0) is 12.5 Å². The smallest absolute Gasteiger partial charge is 0.176 e. The molecule has 1 N–H and O–H groups in total. The van der Waals surface area contributed by atoms with E-state index in [0.717, 1.165) is 11.3 Å². The zero-order valence-electron chi connectivity index (χ0n) is 6.63. The van der Waals surface area contributed by atoms with Crippen LogP contribution in [0.3, 0.4) is 0 Å². The molecule has 1 heterocycles. The Morgan fingerprint density at radius 1 is 1.82 bits per heavy atom. The SMILES string of the molecule is Cc1cnn(C)c1CNC#N. The molecule has 0 aromatic carbocycles. The Balaban J connectivity index is 2.77. The van der Waals surface area contributed by atoms with Crippen molar-refractivity contribution in [2.45, 2.75) is 13.5 Å². The summed E-state index contributed by atoms with van der Waals surface area (Å²) in [7, 11) is 1.86. The van der Waals surface area contributed by atoms with Crippen molar-refractivity contribution in [1.29, 1.82) is 5.26 Å². The molecule has 0 unspecified atom stereocenters. The minimum Gasteiger partial charge on any atom is -0.318 e. The van der Waals surface area contributed by atoms with Gasteiger partial charge in [0.15, 0.2) is 6.19 Å². The number of aromatic nitrogens is 2. The van der Waals surface area contributed by atoms with Crippen LogP contribution < -0.4 is 5.32 Å². The van der Waals surface area contributed by atoms with Crippen LogP contribution in [-0.4, -0.2) is 9.78 Å². The Bertz CT molecular complexity index is 262. The minimum atomic E-state index is 0.554. The highest BCUT2D eigenvalue weighted by Crippen LogP contribution is 2.03. The summed E-state index contributed by atoms with van der Waals surface area (Å²) in [4.78, 5) is 0. The first-order valence-electron chi connectivity index (χ1n) is 3.35. The van der Waals surface area contributed by atoms with Gasteiger partial charge < -0.3 is 5.32 Å². The topological polar surface area (TPSA) is 53.6 Å². The van der Waals surface area contributed by atoms with Gasteiger partial charge in [0.1, 0.15) is 0 Å². The lowest BCUT2D eigenvalue weighted by molar-refractivity contribution is 0.686. The van der Waals surface area contributed by atoms with E-state index in [1.807, 2.05) is 20.2 Å². The average Bonchev–Trinajstić information content (AvgIpc) is 2.29. The first-order chi connectivity index (χ1) is 5.25. The maximum absolute atomic E-state index is 8.26. The molecule has 0 aliphatic heterocycles. The standard InChI is InChI=1S/C7H10N4/c1-6-3-10-11(2)7(6)4-9-5-8/h3,9H,4H2,1-2H3. The number of nitriles is 1. The van der Waals surface area contributed by atoms with Crippen LogP contribution in [0, 0.1) is 18.4 Å². The molecule has 0 saturated heterocycles. The van der Waals surface area contributed by atoms with Gasteiger partial charge in [-0.3, -0.25) is 4.68 Å². The van der Waals surface area contributed by atoms with E-state index < -0.39 is 0 Å². The molecule has 1 rings (SSSR count). The van der Waals surface area contributed by atoms with Crippen molar-refractivity contribution in [1.82, 2.24) is 15.1 Å². The number of hydrogen-bond acceptors (Lipinski definition) is 3. The molecule has 0 amide bonds. The zero-order valence-corrected chi connectivity index (χ0v) is 6.63. The Labute approximate surface area is 65.4 Å². The van der Waals surface area contributed by atoms with Crippen LogP contribution in [0.15, 0.2) is 6.20 Å².